The summed E-state index contributed by atoms with van der Waals surface area (Å²) < 4.78 is 11.1. The highest BCUT2D eigenvalue weighted by Crippen LogP contribution is 2.38. The van der Waals surface area contributed by atoms with Crippen molar-refractivity contribution in [1.82, 2.24) is 0 Å². The first-order chi connectivity index (χ1) is 15.0. The van der Waals surface area contributed by atoms with E-state index in [0.717, 1.165) is 61.0 Å². The quantitative estimate of drug-likeness (QED) is 0.704. The number of hydrogen-bond acceptors (Lipinski definition) is 4. The lowest BCUT2D eigenvalue weighted by Gasteiger charge is -2.26. The summed E-state index contributed by atoms with van der Waals surface area (Å²) in [7, 11) is 0. The molecule has 2 aromatic carbocycles. The fourth-order valence-electron chi connectivity index (χ4n) is 4.34. The maximum absolute atomic E-state index is 13.4. The number of ether oxygens (including phenoxy) is 2. The van der Waals surface area contributed by atoms with Crippen LogP contribution >= 0.6 is 0 Å². The number of para-hydroxylation sites is 1. The fraction of sp³-hybridized carbons (Fsp3) is 0.440. The maximum atomic E-state index is 13.4. The first-order valence-corrected chi connectivity index (χ1v) is 11.1. The lowest BCUT2D eigenvalue weighted by molar-refractivity contribution is -0.124. The van der Waals surface area contributed by atoms with Gasteiger partial charge < -0.3 is 9.47 Å². The summed E-state index contributed by atoms with van der Waals surface area (Å²) >= 11 is 0. The standard InChI is InChI=1S/C25H30N2O4/c1-17(2)31-25(29)26-20-14-13-19-12-11-18-7-3-6-10-22(18)27(23(19)15-20)24(28)16-30-21-8-4-5-9-21/h3,6-7,10,13-15,17,21H,4-5,8-9,11-12,16H2,1-2H3,(H,26,29). The number of hydrogen-bond donors (Lipinski definition) is 1. The third kappa shape index (κ3) is 5.07. The van der Waals surface area contributed by atoms with E-state index in [9.17, 15) is 9.59 Å². The van der Waals surface area contributed by atoms with Gasteiger partial charge in [-0.25, -0.2) is 4.79 Å². The Labute approximate surface area is 183 Å². The molecule has 1 fully saturated rings. The summed E-state index contributed by atoms with van der Waals surface area (Å²) in [6.45, 7) is 3.65. The Morgan fingerprint density at radius 2 is 1.74 bits per heavy atom. The van der Waals surface area contributed by atoms with E-state index in [-0.39, 0.29) is 24.7 Å². The van der Waals surface area contributed by atoms with Crippen LogP contribution in [0.2, 0.25) is 0 Å². The molecule has 1 saturated carbocycles. The second-order valence-corrected chi connectivity index (χ2v) is 8.50. The molecule has 6 nitrogen and oxygen atoms in total. The zero-order valence-electron chi connectivity index (χ0n) is 18.2. The van der Waals surface area contributed by atoms with E-state index in [0.29, 0.717) is 5.69 Å². The maximum Gasteiger partial charge on any atom is 0.411 e. The highest BCUT2D eigenvalue weighted by molar-refractivity contribution is 6.03. The Bertz CT molecular complexity index is 950. The molecule has 0 saturated heterocycles. The summed E-state index contributed by atoms with van der Waals surface area (Å²) in [5.74, 6) is -0.0931. The number of fused-ring (bicyclic) bond motifs is 2. The van der Waals surface area contributed by atoms with E-state index in [1.165, 1.54) is 0 Å². The molecule has 31 heavy (non-hydrogen) atoms. The molecule has 1 N–H and O–H groups in total. The highest BCUT2D eigenvalue weighted by atomic mass is 16.6. The SMILES string of the molecule is CC(C)OC(=O)Nc1ccc2c(c1)N(C(=O)COC1CCCC1)c1ccccc1CC2. The molecule has 0 unspecified atom stereocenters. The van der Waals surface area contributed by atoms with Gasteiger partial charge in [-0.1, -0.05) is 37.1 Å². The molecular weight excluding hydrogens is 392 g/mol. The number of amides is 2. The van der Waals surface area contributed by atoms with Crippen molar-refractivity contribution in [3.05, 3.63) is 53.6 Å². The molecule has 2 amide bonds. The van der Waals surface area contributed by atoms with E-state index >= 15 is 0 Å². The van der Waals surface area contributed by atoms with E-state index < -0.39 is 6.09 Å². The summed E-state index contributed by atoms with van der Waals surface area (Å²) in [5, 5.41) is 2.77. The van der Waals surface area contributed by atoms with E-state index in [4.69, 9.17) is 9.47 Å². The smallest absolute Gasteiger partial charge is 0.411 e. The van der Waals surface area contributed by atoms with Crippen molar-refractivity contribution >= 4 is 29.1 Å². The van der Waals surface area contributed by atoms with Crippen LogP contribution in [0.3, 0.4) is 0 Å². The number of rotatable bonds is 5. The van der Waals surface area contributed by atoms with Gasteiger partial charge in [-0.15, -0.1) is 0 Å². The number of nitrogens with one attached hydrogen (secondary N) is 1. The molecule has 0 radical (unpaired) electrons. The molecule has 1 heterocycles. The first-order valence-electron chi connectivity index (χ1n) is 11.1. The monoisotopic (exact) mass is 422 g/mol. The van der Waals surface area contributed by atoms with Gasteiger partial charge >= 0.3 is 6.09 Å². The van der Waals surface area contributed by atoms with Crippen LogP contribution in [-0.4, -0.2) is 30.8 Å². The average molecular weight is 423 g/mol. The molecule has 4 rings (SSSR count). The van der Waals surface area contributed by atoms with E-state index in [2.05, 4.69) is 11.4 Å². The second kappa shape index (κ2) is 9.52. The lowest BCUT2D eigenvalue weighted by Crippen LogP contribution is -2.32. The van der Waals surface area contributed by atoms with Crippen LogP contribution in [0.5, 0.6) is 0 Å². The highest BCUT2D eigenvalue weighted by Gasteiger charge is 2.27. The number of aryl methyl sites for hydroxylation is 2. The predicted octanol–water partition coefficient (Wildman–Crippen LogP) is 5.37. The van der Waals surface area contributed by atoms with Gasteiger partial charge in [0.05, 0.1) is 23.6 Å². The van der Waals surface area contributed by atoms with Crippen molar-refractivity contribution < 1.29 is 19.1 Å². The second-order valence-electron chi connectivity index (χ2n) is 8.50. The number of anilines is 3. The van der Waals surface area contributed by atoms with Gasteiger partial charge in [0.15, 0.2) is 0 Å². The molecule has 0 bridgehead atoms. The van der Waals surface area contributed by atoms with Crippen molar-refractivity contribution in [2.24, 2.45) is 0 Å². The van der Waals surface area contributed by atoms with Gasteiger partial charge in [-0.2, -0.15) is 0 Å². The molecule has 164 valence electrons. The lowest BCUT2D eigenvalue weighted by atomic mass is 10.0. The fourth-order valence-corrected chi connectivity index (χ4v) is 4.34. The van der Waals surface area contributed by atoms with Crippen molar-refractivity contribution in [2.75, 3.05) is 16.8 Å². The van der Waals surface area contributed by atoms with Crippen molar-refractivity contribution in [1.29, 1.82) is 0 Å². The molecule has 6 heteroatoms. The topological polar surface area (TPSA) is 67.9 Å². The Morgan fingerprint density at radius 3 is 2.48 bits per heavy atom. The molecule has 2 aliphatic rings. The van der Waals surface area contributed by atoms with Crippen LogP contribution in [-0.2, 0) is 27.1 Å². The van der Waals surface area contributed by atoms with Gasteiger partial charge in [0.2, 0.25) is 0 Å². The van der Waals surface area contributed by atoms with Crippen LogP contribution in [0, 0.1) is 0 Å². The number of carbonyl (C=O) groups excluding carboxylic acids is 2. The molecular formula is C25H30N2O4. The largest absolute Gasteiger partial charge is 0.447 e. The predicted molar refractivity (Wildman–Crippen MR) is 121 cm³/mol. The third-order valence-corrected chi connectivity index (χ3v) is 5.81. The van der Waals surface area contributed by atoms with Gasteiger partial charge in [0.1, 0.15) is 6.61 Å². The zero-order chi connectivity index (χ0) is 21.8. The summed E-state index contributed by atoms with van der Waals surface area (Å²) in [4.78, 5) is 27.2. The number of nitrogens with zero attached hydrogens (tertiary/aromatic N) is 1. The van der Waals surface area contributed by atoms with Crippen LogP contribution in [0.25, 0.3) is 0 Å². The number of benzene rings is 2. The Balaban J connectivity index is 1.64. The van der Waals surface area contributed by atoms with Crippen LogP contribution in [0.15, 0.2) is 42.5 Å². The van der Waals surface area contributed by atoms with E-state index in [1.807, 2.05) is 36.4 Å². The normalized spacial score (nSPS) is 15.9. The first kappa shape index (κ1) is 21.4. The Kier molecular flexibility index (Phi) is 6.56. The third-order valence-electron chi connectivity index (χ3n) is 5.81. The summed E-state index contributed by atoms with van der Waals surface area (Å²) in [5.41, 5.74) is 4.45. The van der Waals surface area contributed by atoms with Gasteiger partial charge in [-0.3, -0.25) is 15.0 Å². The van der Waals surface area contributed by atoms with E-state index in [1.54, 1.807) is 18.7 Å². The average Bonchev–Trinajstić information content (AvgIpc) is 3.20. The summed E-state index contributed by atoms with van der Waals surface area (Å²) in [6.07, 6.45) is 5.48. The minimum atomic E-state index is -0.508. The van der Waals surface area contributed by atoms with Gasteiger partial charge in [0, 0.05) is 5.69 Å². The van der Waals surface area contributed by atoms with Crippen LogP contribution in [0.4, 0.5) is 21.9 Å². The molecule has 1 aliphatic heterocycles. The van der Waals surface area contributed by atoms with Crippen molar-refractivity contribution in [3.8, 4) is 0 Å². The van der Waals surface area contributed by atoms with Crippen molar-refractivity contribution in [2.45, 2.75) is 64.6 Å². The minimum Gasteiger partial charge on any atom is -0.447 e. The molecule has 2 aromatic rings. The molecule has 0 aromatic heterocycles. The van der Waals surface area contributed by atoms with Crippen LogP contribution < -0.4 is 10.2 Å². The molecule has 0 atom stereocenters. The van der Waals surface area contributed by atoms with Crippen molar-refractivity contribution in [3.63, 3.8) is 0 Å². The van der Waals surface area contributed by atoms with Gasteiger partial charge in [0.25, 0.3) is 5.91 Å². The summed E-state index contributed by atoms with van der Waals surface area (Å²) in [6, 6.07) is 13.7. The number of carbonyl (C=O) groups is 2. The van der Waals surface area contributed by atoms with Gasteiger partial charge in [-0.05, 0) is 68.9 Å². The molecule has 0 spiro atoms. The molecule has 1 aliphatic carbocycles. The Hall–Kier alpha value is -2.86. The Morgan fingerprint density at radius 1 is 1.03 bits per heavy atom. The minimum absolute atomic E-state index is 0.0471. The zero-order valence-corrected chi connectivity index (χ0v) is 18.2. The van der Waals surface area contributed by atoms with Crippen LogP contribution in [0.1, 0.15) is 50.7 Å².